The summed E-state index contributed by atoms with van der Waals surface area (Å²) in [5, 5.41) is 2.58. The van der Waals surface area contributed by atoms with Gasteiger partial charge in [-0.3, -0.25) is 9.69 Å². The number of hydrogen-bond donors (Lipinski definition) is 2. The number of anilines is 1. The minimum absolute atomic E-state index is 0.119. The monoisotopic (exact) mass is 404 g/mol. The molecule has 0 spiro atoms. The zero-order valence-electron chi connectivity index (χ0n) is 14.8. The van der Waals surface area contributed by atoms with Crippen LogP contribution in [0.1, 0.15) is 6.92 Å². The number of amides is 1. The maximum Gasteiger partial charge on any atom is 0.240 e. The van der Waals surface area contributed by atoms with Crippen molar-refractivity contribution in [2.45, 2.75) is 11.8 Å². The molecule has 0 atom stereocenters. The summed E-state index contributed by atoms with van der Waals surface area (Å²) in [6, 6.07) is 5.91. The van der Waals surface area contributed by atoms with Gasteiger partial charge in [-0.05, 0) is 24.3 Å². The van der Waals surface area contributed by atoms with Crippen LogP contribution in [0, 0.1) is 0 Å². The smallest absolute Gasteiger partial charge is 0.240 e. The van der Waals surface area contributed by atoms with Gasteiger partial charge >= 0.3 is 0 Å². The van der Waals surface area contributed by atoms with Crippen molar-refractivity contribution >= 4 is 31.6 Å². The van der Waals surface area contributed by atoms with Crippen molar-refractivity contribution < 1.29 is 21.6 Å². The lowest BCUT2D eigenvalue weighted by atomic mass is 10.3. The average molecular weight is 405 g/mol. The lowest BCUT2D eigenvalue weighted by Gasteiger charge is -2.33. The Bertz CT molecular complexity index is 829. The zero-order valence-corrected chi connectivity index (χ0v) is 16.4. The molecule has 146 valence electrons. The lowest BCUT2D eigenvalue weighted by Crippen LogP contribution is -2.49. The van der Waals surface area contributed by atoms with Gasteiger partial charge in [0.2, 0.25) is 26.0 Å². The number of nitrogens with zero attached hydrogens (tertiary/aromatic N) is 2. The van der Waals surface area contributed by atoms with E-state index < -0.39 is 20.0 Å². The Hall–Kier alpha value is -1.53. The van der Waals surface area contributed by atoms with E-state index >= 15 is 0 Å². The number of nitrogens with one attached hydrogen (secondary N) is 2. The molecule has 1 heterocycles. The van der Waals surface area contributed by atoms with Crippen molar-refractivity contribution in [2.75, 3.05) is 50.8 Å². The minimum Gasteiger partial charge on any atom is -0.326 e. The molecule has 2 rings (SSSR count). The fraction of sp³-hybridized carbons (Fsp3) is 0.533. The van der Waals surface area contributed by atoms with E-state index in [2.05, 4.69) is 10.0 Å². The van der Waals surface area contributed by atoms with E-state index in [0.717, 1.165) is 0 Å². The Morgan fingerprint density at radius 3 is 2.12 bits per heavy atom. The first kappa shape index (κ1) is 20.8. The van der Waals surface area contributed by atoms with E-state index in [1.807, 2.05) is 4.90 Å². The molecule has 0 saturated carbocycles. The first-order valence-corrected chi connectivity index (χ1v) is 11.5. The van der Waals surface area contributed by atoms with Crippen LogP contribution >= 0.6 is 0 Å². The van der Waals surface area contributed by atoms with E-state index in [1.54, 1.807) is 0 Å². The summed E-state index contributed by atoms with van der Waals surface area (Å²) >= 11 is 0. The van der Waals surface area contributed by atoms with E-state index in [1.165, 1.54) is 41.8 Å². The maximum atomic E-state index is 12.3. The van der Waals surface area contributed by atoms with Gasteiger partial charge in [0.15, 0.2) is 0 Å². The van der Waals surface area contributed by atoms with Gasteiger partial charge in [-0.1, -0.05) is 0 Å². The van der Waals surface area contributed by atoms with Gasteiger partial charge in [0, 0.05) is 51.9 Å². The summed E-state index contributed by atoms with van der Waals surface area (Å²) in [7, 11) is -6.81. The second-order valence-electron chi connectivity index (χ2n) is 6.11. The molecule has 0 bridgehead atoms. The average Bonchev–Trinajstić information content (AvgIpc) is 2.54. The highest BCUT2D eigenvalue weighted by Crippen LogP contribution is 2.14. The molecular weight excluding hydrogens is 380 g/mol. The predicted molar refractivity (Wildman–Crippen MR) is 98.8 cm³/mol. The zero-order chi connectivity index (χ0) is 19.4. The quantitative estimate of drug-likeness (QED) is 0.633. The largest absolute Gasteiger partial charge is 0.326 e. The van der Waals surface area contributed by atoms with Crippen LogP contribution in [0.5, 0.6) is 0 Å². The fourth-order valence-corrected chi connectivity index (χ4v) is 4.47. The first-order valence-electron chi connectivity index (χ1n) is 8.13. The van der Waals surface area contributed by atoms with Crippen molar-refractivity contribution in [2.24, 2.45) is 0 Å². The van der Waals surface area contributed by atoms with Crippen LogP contribution in [-0.2, 0) is 24.8 Å². The molecule has 2 N–H and O–H groups in total. The van der Waals surface area contributed by atoms with Gasteiger partial charge in [-0.25, -0.2) is 21.6 Å². The Kier molecular flexibility index (Phi) is 6.74. The highest BCUT2D eigenvalue weighted by molar-refractivity contribution is 7.89. The van der Waals surface area contributed by atoms with Crippen LogP contribution < -0.4 is 10.0 Å². The van der Waals surface area contributed by atoms with Gasteiger partial charge in [0.1, 0.15) is 0 Å². The summed E-state index contributed by atoms with van der Waals surface area (Å²) < 4.78 is 51.5. The van der Waals surface area contributed by atoms with Crippen molar-refractivity contribution in [1.29, 1.82) is 0 Å². The van der Waals surface area contributed by atoms with Crippen molar-refractivity contribution in [1.82, 2.24) is 13.9 Å². The van der Waals surface area contributed by atoms with Crippen LogP contribution in [0.4, 0.5) is 5.69 Å². The molecule has 1 aliphatic rings. The molecule has 0 aromatic heterocycles. The molecule has 1 fully saturated rings. The highest BCUT2D eigenvalue weighted by atomic mass is 32.2. The van der Waals surface area contributed by atoms with Crippen LogP contribution in [-0.4, -0.2) is 77.5 Å². The Balaban J connectivity index is 1.82. The van der Waals surface area contributed by atoms with E-state index in [-0.39, 0.29) is 17.3 Å². The summed E-state index contributed by atoms with van der Waals surface area (Å²) in [5.74, 6) is -0.227. The second kappa shape index (κ2) is 8.44. The van der Waals surface area contributed by atoms with Crippen LogP contribution in [0.25, 0.3) is 0 Å². The summed E-state index contributed by atoms with van der Waals surface area (Å²) in [6.45, 7) is 4.07. The van der Waals surface area contributed by atoms with Gasteiger partial charge in [-0.15, -0.1) is 0 Å². The van der Waals surface area contributed by atoms with Gasteiger partial charge in [-0.2, -0.15) is 4.31 Å². The first-order chi connectivity index (χ1) is 12.1. The Morgan fingerprint density at radius 2 is 1.62 bits per heavy atom. The Labute approximate surface area is 154 Å². The van der Waals surface area contributed by atoms with Crippen molar-refractivity contribution in [3.8, 4) is 0 Å². The molecule has 9 nitrogen and oxygen atoms in total. The standard InChI is InChI=1S/C15H24N4O5S2/c1-13(20)17-14-3-5-15(6-4-14)26(23,24)16-7-8-18-9-11-19(12-10-18)25(2,21)22/h3-6,16H,7-12H2,1-2H3,(H,17,20). The summed E-state index contributed by atoms with van der Waals surface area (Å²) in [6.07, 6.45) is 1.19. The van der Waals surface area contributed by atoms with Crippen LogP contribution in [0.15, 0.2) is 29.2 Å². The molecule has 1 amide bonds. The number of piperazine rings is 1. The highest BCUT2D eigenvalue weighted by Gasteiger charge is 2.23. The molecule has 26 heavy (non-hydrogen) atoms. The normalized spacial score (nSPS) is 17.2. The van der Waals surface area contributed by atoms with Crippen molar-refractivity contribution in [3.05, 3.63) is 24.3 Å². The number of hydrogen-bond acceptors (Lipinski definition) is 6. The van der Waals surface area contributed by atoms with Crippen molar-refractivity contribution in [3.63, 3.8) is 0 Å². The van der Waals surface area contributed by atoms with Gasteiger partial charge in [0.05, 0.1) is 11.2 Å². The number of rotatable bonds is 7. The third-order valence-electron chi connectivity index (χ3n) is 4.01. The lowest BCUT2D eigenvalue weighted by molar-refractivity contribution is -0.114. The van der Waals surface area contributed by atoms with Gasteiger partial charge in [0.25, 0.3) is 0 Å². The predicted octanol–water partition coefficient (Wildman–Crippen LogP) is -0.499. The number of benzene rings is 1. The fourth-order valence-electron chi connectivity index (χ4n) is 2.63. The second-order valence-corrected chi connectivity index (χ2v) is 9.86. The Morgan fingerprint density at radius 1 is 1.04 bits per heavy atom. The molecule has 0 aliphatic carbocycles. The topological polar surface area (TPSA) is 116 Å². The number of carbonyl (C=O) groups is 1. The maximum absolute atomic E-state index is 12.3. The SMILES string of the molecule is CC(=O)Nc1ccc(S(=O)(=O)NCCN2CCN(S(C)(=O)=O)CC2)cc1. The van der Waals surface area contributed by atoms with Crippen LogP contribution in [0.3, 0.4) is 0 Å². The number of sulfonamides is 2. The van der Waals surface area contributed by atoms with E-state index in [9.17, 15) is 21.6 Å². The van der Waals surface area contributed by atoms with E-state index in [4.69, 9.17) is 0 Å². The molecule has 1 aliphatic heterocycles. The van der Waals surface area contributed by atoms with Crippen LogP contribution in [0.2, 0.25) is 0 Å². The van der Waals surface area contributed by atoms with E-state index in [0.29, 0.717) is 38.4 Å². The number of carbonyl (C=O) groups excluding carboxylic acids is 1. The molecule has 1 aromatic carbocycles. The summed E-state index contributed by atoms with van der Waals surface area (Å²) in [4.78, 5) is 13.1. The molecular formula is C15H24N4O5S2. The molecule has 0 radical (unpaired) electrons. The third-order valence-corrected chi connectivity index (χ3v) is 6.79. The minimum atomic E-state index is -3.64. The summed E-state index contributed by atoms with van der Waals surface area (Å²) in [5.41, 5.74) is 0.528. The molecule has 1 aromatic rings. The molecule has 0 unspecified atom stereocenters. The molecule has 11 heteroatoms. The van der Waals surface area contributed by atoms with Gasteiger partial charge < -0.3 is 5.32 Å². The molecule has 1 saturated heterocycles. The third kappa shape index (κ3) is 6.02.